The average Bonchev–Trinajstić information content (AvgIpc) is 2.19. The number of hydrogen-bond donors (Lipinski definition) is 1. The molecular formula is C11H21NO. The van der Waals surface area contributed by atoms with Gasteiger partial charge in [-0.1, -0.05) is 18.1 Å². The number of piperidine rings is 1. The van der Waals surface area contributed by atoms with Crippen molar-refractivity contribution >= 4 is 0 Å². The molecule has 1 aliphatic rings. The van der Waals surface area contributed by atoms with Crippen LogP contribution in [0.3, 0.4) is 0 Å². The normalized spacial score (nSPS) is 23.2. The zero-order valence-electron chi connectivity index (χ0n) is 8.79. The smallest absolute Gasteiger partial charge is 0.0639 e. The van der Waals surface area contributed by atoms with Crippen LogP contribution in [-0.4, -0.2) is 35.7 Å². The van der Waals surface area contributed by atoms with Crippen LogP contribution in [0, 0.1) is 0 Å². The minimum Gasteiger partial charge on any atom is -0.392 e. The van der Waals surface area contributed by atoms with Gasteiger partial charge in [0.25, 0.3) is 0 Å². The predicted octanol–water partition coefficient (Wildman–Crippen LogP) is 1.80. The molecule has 0 spiro atoms. The second kappa shape index (κ2) is 5.40. The number of rotatable bonds is 3. The van der Waals surface area contributed by atoms with Gasteiger partial charge in [-0.05, 0) is 39.8 Å². The SMILES string of the molecule is C/C(=C/C(C)N1CCCCC1)CO. The molecule has 1 rings (SSSR count). The number of aliphatic hydroxyl groups is 1. The molecule has 0 aromatic carbocycles. The van der Waals surface area contributed by atoms with Gasteiger partial charge in [-0.15, -0.1) is 0 Å². The van der Waals surface area contributed by atoms with Crippen LogP contribution in [0.25, 0.3) is 0 Å². The summed E-state index contributed by atoms with van der Waals surface area (Å²) >= 11 is 0. The van der Waals surface area contributed by atoms with E-state index in [9.17, 15) is 0 Å². The summed E-state index contributed by atoms with van der Waals surface area (Å²) in [6, 6.07) is 0.493. The fraction of sp³-hybridized carbons (Fsp3) is 0.818. The number of hydrogen-bond acceptors (Lipinski definition) is 2. The Labute approximate surface area is 81.2 Å². The Hall–Kier alpha value is -0.340. The van der Waals surface area contributed by atoms with Crippen molar-refractivity contribution in [3.63, 3.8) is 0 Å². The molecule has 0 amide bonds. The quantitative estimate of drug-likeness (QED) is 0.674. The Balaban J connectivity index is 2.41. The molecule has 1 unspecified atom stereocenters. The fourth-order valence-corrected chi connectivity index (χ4v) is 1.90. The van der Waals surface area contributed by atoms with Crippen molar-refractivity contribution in [2.24, 2.45) is 0 Å². The second-order valence-electron chi connectivity index (χ2n) is 4.01. The van der Waals surface area contributed by atoms with Gasteiger partial charge < -0.3 is 5.11 Å². The van der Waals surface area contributed by atoms with Crippen molar-refractivity contribution in [1.82, 2.24) is 4.90 Å². The van der Waals surface area contributed by atoms with Gasteiger partial charge in [0.2, 0.25) is 0 Å². The van der Waals surface area contributed by atoms with Gasteiger partial charge >= 0.3 is 0 Å². The molecule has 1 atom stereocenters. The van der Waals surface area contributed by atoms with Crippen molar-refractivity contribution in [1.29, 1.82) is 0 Å². The van der Waals surface area contributed by atoms with Crippen molar-refractivity contribution in [2.45, 2.75) is 39.2 Å². The van der Waals surface area contributed by atoms with Crippen molar-refractivity contribution < 1.29 is 5.11 Å². The van der Waals surface area contributed by atoms with Gasteiger partial charge in [0.1, 0.15) is 0 Å². The number of aliphatic hydroxyl groups excluding tert-OH is 1. The first-order valence-electron chi connectivity index (χ1n) is 5.26. The van der Waals surface area contributed by atoms with Crippen LogP contribution in [0.15, 0.2) is 11.6 Å². The van der Waals surface area contributed by atoms with E-state index < -0.39 is 0 Å². The highest BCUT2D eigenvalue weighted by Crippen LogP contribution is 2.13. The van der Waals surface area contributed by atoms with E-state index in [-0.39, 0.29) is 6.61 Å². The van der Waals surface area contributed by atoms with Gasteiger partial charge in [-0.3, -0.25) is 4.90 Å². The molecule has 1 aliphatic heterocycles. The standard InChI is InChI=1S/C11H21NO/c1-10(9-13)8-11(2)12-6-4-3-5-7-12/h8,11,13H,3-7,9H2,1-2H3/b10-8-. The molecule has 0 aromatic rings. The molecule has 76 valence electrons. The highest BCUT2D eigenvalue weighted by molar-refractivity contribution is 5.03. The molecule has 0 aromatic heterocycles. The summed E-state index contributed by atoms with van der Waals surface area (Å²) in [7, 11) is 0. The van der Waals surface area contributed by atoms with Crippen LogP contribution in [0.2, 0.25) is 0 Å². The Morgan fingerprint density at radius 1 is 1.38 bits per heavy atom. The van der Waals surface area contributed by atoms with Gasteiger partial charge in [-0.25, -0.2) is 0 Å². The summed E-state index contributed by atoms with van der Waals surface area (Å²) in [5.41, 5.74) is 1.08. The van der Waals surface area contributed by atoms with Gasteiger partial charge in [0, 0.05) is 6.04 Å². The van der Waals surface area contributed by atoms with E-state index in [1.165, 1.54) is 32.4 Å². The van der Waals surface area contributed by atoms with Crippen molar-refractivity contribution in [3.8, 4) is 0 Å². The summed E-state index contributed by atoms with van der Waals surface area (Å²) in [6.45, 7) is 6.83. The molecule has 1 fully saturated rings. The van der Waals surface area contributed by atoms with Crippen LogP contribution in [0.1, 0.15) is 33.1 Å². The third-order valence-corrected chi connectivity index (χ3v) is 2.74. The Morgan fingerprint density at radius 2 is 2.00 bits per heavy atom. The topological polar surface area (TPSA) is 23.5 Å². The highest BCUT2D eigenvalue weighted by atomic mass is 16.3. The Morgan fingerprint density at radius 3 is 2.54 bits per heavy atom. The van der Waals surface area contributed by atoms with Gasteiger partial charge in [-0.2, -0.15) is 0 Å². The summed E-state index contributed by atoms with van der Waals surface area (Å²) in [6.07, 6.45) is 6.21. The van der Waals surface area contributed by atoms with Crippen LogP contribution in [-0.2, 0) is 0 Å². The lowest BCUT2D eigenvalue weighted by molar-refractivity contribution is 0.199. The summed E-state index contributed by atoms with van der Waals surface area (Å²) in [5, 5.41) is 8.90. The first-order chi connectivity index (χ1) is 6.24. The molecule has 0 saturated carbocycles. The van der Waals surface area contributed by atoms with Crippen LogP contribution < -0.4 is 0 Å². The molecule has 1 heterocycles. The van der Waals surface area contributed by atoms with E-state index in [0.717, 1.165) is 5.57 Å². The van der Waals surface area contributed by atoms with E-state index in [1.807, 2.05) is 6.92 Å². The van der Waals surface area contributed by atoms with E-state index in [1.54, 1.807) is 0 Å². The third kappa shape index (κ3) is 3.49. The fourth-order valence-electron chi connectivity index (χ4n) is 1.90. The van der Waals surface area contributed by atoms with Crippen molar-refractivity contribution in [3.05, 3.63) is 11.6 Å². The summed E-state index contributed by atoms with van der Waals surface area (Å²) in [5.74, 6) is 0. The number of likely N-dealkylation sites (tertiary alicyclic amines) is 1. The molecule has 13 heavy (non-hydrogen) atoms. The Kier molecular flexibility index (Phi) is 4.46. The molecule has 1 saturated heterocycles. The minimum atomic E-state index is 0.193. The molecule has 2 nitrogen and oxygen atoms in total. The van der Waals surface area contributed by atoms with Gasteiger partial charge in [0.15, 0.2) is 0 Å². The maximum atomic E-state index is 8.90. The second-order valence-corrected chi connectivity index (χ2v) is 4.01. The monoisotopic (exact) mass is 183 g/mol. The maximum absolute atomic E-state index is 8.90. The van der Waals surface area contributed by atoms with E-state index in [4.69, 9.17) is 5.11 Å². The molecule has 2 heteroatoms. The lowest BCUT2D eigenvalue weighted by atomic mass is 10.1. The lowest BCUT2D eigenvalue weighted by Crippen LogP contribution is -2.36. The van der Waals surface area contributed by atoms with Crippen molar-refractivity contribution in [2.75, 3.05) is 19.7 Å². The first kappa shape index (κ1) is 10.7. The zero-order chi connectivity index (χ0) is 9.68. The predicted molar refractivity (Wildman–Crippen MR) is 55.7 cm³/mol. The molecule has 0 bridgehead atoms. The van der Waals surface area contributed by atoms with E-state index in [0.29, 0.717) is 6.04 Å². The zero-order valence-corrected chi connectivity index (χ0v) is 8.79. The van der Waals surface area contributed by atoms with Crippen LogP contribution >= 0.6 is 0 Å². The van der Waals surface area contributed by atoms with Gasteiger partial charge in [0.05, 0.1) is 6.61 Å². The largest absolute Gasteiger partial charge is 0.392 e. The average molecular weight is 183 g/mol. The lowest BCUT2D eigenvalue weighted by Gasteiger charge is -2.30. The first-order valence-corrected chi connectivity index (χ1v) is 5.26. The molecule has 0 radical (unpaired) electrons. The van der Waals surface area contributed by atoms with E-state index >= 15 is 0 Å². The summed E-state index contributed by atoms with van der Waals surface area (Å²) < 4.78 is 0. The van der Waals surface area contributed by atoms with Crippen LogP contribution in [0.5, 0.6) is 0 Å². The Bertz CT molecular complexity index is 171. The molecule has 1 N–H and O–H groups in total. The third-order valence-electron chi connectivity index (χ3n) is 2.74. The molecular weight excluding hydrogens is 162 g/mol. The number of nitrogens with zero attached hydrogens (tertiary/aromatic N) is 1. The van der Waals surface area contributed by atoms with E-state index in [2.05, 4.69) is 17.9 Å². The van der Waals surface area contributed by atoms with Crippen LogP contribution in [0.4, 0.5) is 0 Å². The maximum Gasteiger partial charge on any atom is 0.0639 e. The minimum absolute atomic E-state index is 0.193. The molecule has 0 aliphatic carbocycles. The summed E-state index contributed by atoms with van der Waals surface area (Å²) in [4.78, 5) is 2.49. The highest BCUT2D eigenvalue weighted by Gasteiger charge is 2.14.